The summed E-state index contributed by atoms with van der Waals surface area (Å²) in [7, 11) is -1.03. The van der Waals surface area contributed by atoms with Crippen molar-refractivity contribution in [3.63, 3.8) is 0 Å². The fraction of sp³-hybridized carbons (Fsp3) is 0.231. The van der Waals surface area contributed by atoms with Crippen molar-refractivity contribution in [1.82, 2.24) is 14.3 Å². The van der Waals surface area contributed by atoms with E-state index >= 15 is 0 Å². The molecule has 0 atom stereocenters. The first-order valence-electron chi connectivity index (χ1n) is 11.0. The van der Waals surface area contributed by atoms with Crippen molar-refractivity contribution in [2.24, 2.45) is 0 Å². The summed E-state index contributed by atoms with van der Waals surface area (Å²) < 4.78 is 31.4. The van der Waals surface area contributed by atoms with Gasteiger partial charge in [-0.15, -0.1) is 0 Å². The van der Waals surface area contributed by atoms with Gasteiger partial charge >= 0.3 is 5.69 Å². The number of hydrogen-bond acceptors (Lipinski definition) is 5. The molecule has 0 fully saturated rings. The van der Waals surface area contributed by atoms with Gasteiger partial charge in [-0.25, -0.2) is 17.9 Å². The van der Waals surface area contributed by atoms with E-state index in [4.69, 9.17) is 4.74 Å². The molecule has 9 heteroatoms. The SMILES string of the molecule is COc1c(-c2ccc3cc(CN[SH](=O)=O)ccc3c2)cc(-n2ccc(=O)[nH]c2=O)cc1C(C)(C)C. The first-order valence-corrected chi connectivity index (χ1v) is 12.2. The zero-order valence-electron chi connectivity index (χ0n) is 19.9. The van der Waals surface area contributed by atoms with Gasteiger partial charge in [-0.2, -0.15) is 0 Å². The predicted octanol–water partition coefficient (Wildman–Crippen LogP) is 3.27. The second kappa shape index (κ2) is 9.52. The topological polar surface area (TPSA) is 110 Å². The standard InChI is InChI=1S/C26H27N3O5S/c1-26(2,3)22-14-20(29-10-9-23(30)28-25(29)31)13-21(24(22)34-4)19-8-7-17-11-16(15-27-35(32)33)5-6-18(17)12-19/h5-14,35H,15H2,1-4H3,(H,27,32,33)(H,28,30,31). The number of thiol groups is 1. The van der Waals surface area contributed by atoms with Gasteiger partial charge in [0.2, 0.25) is 10.9 Å². The number of aromatic amines is 1. The van der Waals surface area contributed by atoms with E-state index in [9.17, 15) is 18.0 Å². The van der Waals surface area contributed by atoms with Crippen LogP contribution in [0, 0.1) is 0 Å². The molecule has 2 N–H and O–H groups in total. The molecule has 4 rings (SSSR count). The Labute approximate surface area is 204 Å². The van der Waals surface area contributed by atoms with Crippen LogP contribution in [0.3, 0.4) is 0 Å². The summed E-state index contributed by atoms with van der Waals surface area (Å²) in [5, 5.41) is 1.95. The number of hydrogen-bond donors (Lipinski definition) is 3. The molecule has 0 radical (unpaired) electrons. The van der Waals surface area contributed by atoms with Gasteiger partial charge in [-0.3, -0.25) is 14.3 Å². The molecule has 0 unspecified atom stereocenters. The van der Waals surface area contributed by atoms with E-state index in [0.29, 0.717) is 11.4 Å². The third-order valence-corrected chi connectivity index (χ3v) is 6.23. The zero-order valence-corrected chi connectivity index (χ0v) is 20.8. The Morgan fingerprint density at radius 1 is 0.971 bits per heavy atom. The highest BCUT2D eigenvalue weighted by atomic mass is 32.2. The van der Waals surface area contributed by atoms with Gasteiger partial charge in [0.05, 0.1) is 12.8 Å². The Bertz CT molecular complexity index is 1600. The molecule has 182 valence electrons. The van der Waals surface area contributed by atoms with Crippen molar-refractivity contribution < 1.29 is 13.2 Å². The van der Waals surface area contributed by atoms with E-state index in [1.54, 1.807) is 7.11 Å². The lowest BCUT2D eigenvalue weighted by Crippen LogP contribution is -2.27. The van der Waals surface area contributed by atoms with Crippen LogP contribution < -0.4 is 20.7 Å². The molecule has 0 amide bonds. The Morgan fingerprint density at radius 2 is 1.69 bits per heavy atom. The van der Waals surface area contributed by atoms with Gasteiger partial charge in [0.25, 0.3) is 5.56 Å². The highest BCUT2D eigenvalue weighted by Crippen LogP contribution is 2.41. The van der Waals surface area contributed by atoms with Gasteiger partial charge in [0, 0.05) is 29.9 Å². The Hall–Kier alpha value is -3.69. The maximum absolute atomic E-state index is 12.5. The highest BCUT2D eigenvalue weighted by Gasteiger charge is 2.24. The summed E-state index contributed by atoms with van der Waals surface area (Å²) in [6.45, 7) is 6.44. The summed E-state index contributed by atoms with van der Waals surface area (Å²) in [5.74, 6) is 0.707. The summed E-state index contributed by atoms with van der Waals surface area (Å²) >= 11 is 0. The number of rotatable bonds is 6. The van der Waals surface area contributed by atoms with Crippen LogP contribution in [-0.2, 0) is 22.8 Å². The molecule has 4 aromatic rings. The Morgan fingerprint density at radius 3 is 2.34 bits per heavy atom. The molecule has 0 saturated heterocycles. The van der Waals surface area contributed by atoms with Gasteiger partial charge < -0.3 is 4.74 Å². The summed E-state index contributed by atoms with van der Waals surface area (Å²) in [6, 6.07) is 16.8. The molecule has 0 saturated carbocycles. The van der Waals surface area contributed by atoms with Crippen molar-refractivity contribution >= 4 is 21.7 Å². The van der Waals surface area contributed by atoms with Crippen molar-refractivity contribution in [3.05, 3.63) is 92.8 Å². The van der Waals surface area contributed by atoms with Crippen LogP contribution in [0.15, 0.2) is 70.4 Å². The molecule has 3 aromatic carbocycles. The fourth-order valence-corrected chi connectivity index (χ4v) is 4.40. The normalized spacial score (nSPS) is 11.8. The number of ether oxygens (including phenoxy) is 1. The van der Waals surface area contributed by atoms with Crippen LogP contribution in [0.4, 0.5) is 0 Å². The van der Waals surface area contributed by atoms with Gasteiger partial charge in [-0.05, 0) is 51.6 Å². The molecule has 0 spiro atoms. The van der Waals surface area contributed by atoms with Crippen LogP contribution in [0.25, 0.3) is 27.6 Å². The molecule has 1 heterocycles. The first-order chi connectivity index (χ1) is 16.6. The fourth-order valence-electron chi connectivity index (χ4n) is 4.09. The van der Waals surface area contributed by atoms with E-state index in [1.807, 2.05) is 48.5 Å². The van der Waals surface area contributed by atoms with Gasteiger partial charge in [0.15, 0.2) is 0 Å². The number of fused-ring (bicyclic) bond motifs is 1. The maximum atomic E-state index is 12.5. The predicted molar refractivity (Wildman–Crippen MR) is 138 cm³/mol. The lowest BCUT2D eigenvalue weighted by Gasteiger charge is -2.25. The van der Waals surface area contributed by atoms with Crippen LogP contribution in [0.1, 0.15) is 31.9 Å². The van der Waals surface area contributed by atoms with Crippen LogP contribution in [0.2, 0.25) is 0 Å². The number of H-pyrrole nitrogens is 1. The molecular weight excluding hydrogens is 466 g/mol. The van der Waals surface area contributed by atoms with Gasteiger partial charge in [-0.1, -0.05) is 45.0 Å². The molecule has 0 aliphatic heterocycles. The monoisotopic (exact) mass is 493 g/mol. The lowest BCUT2D eigenvalue weighted by atomic mass is 9.83. The van der Waals surface area contributed by atoms with E-state index in [1.165, 1.54) is 16.8 Å². The average molecular weight is 494 g/mol. The summed E-state index contributed by atoms with van der Waals surface area (Å²) in [4.78, 5) is 26.4. The molecule has 35 heavy (non-hydrogen) atoms. The third-order valence-electron chi connectivity index (χ3n) is 5.82. The second-order valence-electron chi connectivity index (χ2n) is 9.29. The molecule has 0 aliphatic rings. The van der Waals surface area contributed by atoms with Crippen LogP contribution >= 0.6 is 0 Å². The second-order valence-corrected chi connectivity index (χ2v) is 10.1. The number of nitrogens with one attached hydrogen (secondary N) is 2. The molecule has 8 nitrogen and oxygen atoms in total. The van der Waals surface area contributed by atoms with Crippen molar-refractivity contribution in [2.45, 2.75) is 32.7 Å². The molecular formula is C26H27N3O5S. The van der Waals surface area contributed by atoms with Crippen LogP contribution in [-0.4, -0.2) is 25.1 Å². The number of benzene rings is 3. The first kappa shape index (κ1) is 24.4. The summed E-state index contributed by atoms with van der Waals surface area (Å²) in [5.41, 5.74) is 2.82. The van der Waals surface area contributed by atoms with E-state index in [2.05, 4.69) is 30.5 Å². The highest BCUT2D eigenvalue weighted by molar-refractivity contribution is 7.70. The van der Waals surface area contributed by atoms with Crippen molar-refractivity contribution in [3.8, 4) is 22.6 Å². The molecule has 1 aromatic heterocycles. The smallest absolute Gasteiger partial charge is 0.332 e. The van der Waals surface area contributed by atoms with Crippen LogP contribution in [0.5, 0.6) is 5.75 Å². The number of aromatic nitrogens is 2. The lowest BCUT2D eigenvalue weighted by molar-refractivity contribution is 0.399. The van der Waals surface area contributed by atoms with E-state index in [0.717, 1.165) is 33.0 Å². The third kappa shape index (κ3) is 5.21. The minimum Gasteiger partial charge on any atom is -0.496 e. The van der Waals surface area contributed by atoms with Gasteiger partial charge in [0.1, 0.15) is 5.75 Å². The number of methoxy groups -OCH3 is 1. The average Bonchev–Trinajstić information content (AvgIpc) is 2.81. The van der Waals surface area contributed by atoms with Crippen molar-refractivity contribution in [1.29, 1.82) is 0 Å². The van der Waals surface area contributed by atoms with E-state index in [-0.39, 0.29) is 12.0 Å². The van der Waals surface area contributed by atoms with Crippen molar-refractivity contribution in [2.75, 3.05) is 7.11 Å². The summed E-state index contributed by atoms with van der Waals surface area (Å²) in [6.07, 6.45) is 1.46. The number of nitrogens with zero attached hydrogens (tertiary/aromatic N) is 1. The molecule has 0 bridgehead atoms. The maximum Gasteiger partial charge on any atom is 0.332 e. The Kier molecular flexibility index (Phi) is 6.64. The quantitative estimate of drug-likeness (QED) is 0.357. The largest absolute Gasteiger partial charge is 0.496 e. The zero-order chi connectivity index (χ0) is 25.3. The van der Waals surface area contributed by atoms with E-state index < -0.39 is 22.1 Å². The minimum atomic E-state index is -2.66. The molecule has 0 aliphatic carbocycles. The Balaban J connectivity index is 1.91. The minimum absolute atomic E-state index is 0.231.